The molecule has 0 radical (unpaired) electrons. The van der Waals surface area contributed by atoms with E-state index in [0.717, 1.165) is 11.3 Å². The van der Waals surface area contributed by atoms with Crippen molar-refractivity contribution in [1.29, 1.82) is 5.26 Å². The summed E-state index contributed by atoms with van der Waals surface area (Å²) in [5.41, 5.74) is 1.67. The fraction of sp³-hybridized carbons (Fsp3) is 0.368. The average Bonchev–Trinajstić information content (AvgIpc) is 2.52. The summed E-state index contributed by atoms with van der Waals surface area (Å²) in [6, 6.07) is 9.58. The van der Waals surface area contributed by atoms with Crippen molar-refractivity contribution in [3.05, 3.63) is 51.8 Å². The Labute approximate surface area is 147 Å². The molecule has 3 rings (SSSR count). The van der Waals surface area contributed by atoms with Gasteiger partial charge >= 0.3 is 0 Å². The Morgan fingerprint density at radius 3 is 2.54 bits per heavy atom. The zero-order valence-corrected chi connectivity index (χ0v) is 14.8. The third kappa shape index (κ3) is 2.83. The first-order valence-electron chi connectivity index (χ1n) is 7.77. The standard InChI is InChI=1S/C19H19NO3S/c1-19(2)8-14(21)17-15(9-19)23-18(24)13(10-20)16(17)11-4-6-12(22-3)7-5-11/h4-7,16,24H,8-9H2,1-3H3. The summed E-state index contributed by atoms with van der Waals surface area (Å²) >= 11 is 4.35. The van der Waals surface area contributed by atoms with Crippen LogP contribution in [0.3, 0.4) is 0 Å². The molecule has 0 spiro atoms. The number of methoxy groups -OCH3 is 1. The zero-order chi connectivity index (χ0) is 17.5. The molecule has 0 bridgehead atoms. The highest BCUT2D eigenvalue weighted by Crippen LogP contribution is 2.49. The van der Waals surface area contributed by atoms with Gasteiger partial charge in [-0.3, -0.25) is 4.79 Å². The molecule has 0 saturated carbocycles. The van der Waals surface area contributed by atoms with Crippen LogP contribution in [-0.2, 0) is 9.53 Å². The Morgan fingerprint density at radius 1 is 1.29 bits per heavy atom. The quantitative estimate of drug-likeness (QED) is 0.822. The van der Waals surface area contributed by atoms with E-state index in [0.29, 0.717) is 29.7 Å². The number of hydrogen-bond donors (Lipinski definition) is 1. The monoisotopic (exact) mass is 341 g/mol. The maximum Gasteiger partial charge on any atom is 0.171 e. The largest absolute Gasteiger partial charge is 0.497 e. The number of carbonyl (C=O) groups is 1. The van der Waals surface area contributed by atoms with E-state index in [-0.39, 0.29) is 16.3 Å². The molecule has 1 atom stereocenters. The number of benzene rings is 1. The molecule has 0 aromatic heterocycles. The highest BCUT2D eigenvalue weighted by atomic mass is 32.1. The van der Waals surface area contributed by atoms with Gasteiger partial charge in [-0.1, -0.05) is 26.0 Å². The lowest BCUT2D eigenvalue weighted by atomic mass is 9.70. The molecule has 1 heterocycles. The highest BCUT2D eigenvalue weighted by molar-refractivity contribution is 7.84. The van der Waals surface area contributed by atoms with Crippen LogP contribution in [0.1, 0.15) is 38.2 Å². The Bertz CT molecular complexity index is 797. The van der Waals surface area contributed by atoms with Crippen LogP contribution in [0.5, 0.6) is 5.75 Å². The molecule has 1 unspecified atom stereocenters. The molecule has 24 heavy (non-hydrogen) atoms. The SMILES string of the molecule is COc1ccc(C2C(C#N)=C(S)OC3=C2C(=O)CC(C)(C)C3)cc1. The fourth-order valence-corrected chi connectivity index (χ4v) is 3.66. The van der Waals surface area contributed by atoms with Crippen molar-refractivity contribution >= 4 is 18.4 Å². The number of rotatable bonds is 2. The van der Waals surface area contributed by atoms with Gasteiger partial charge in [0, 0.05) is 18.4 Å². The van der Waals surface area contributed by atoms with E-state index >= 15 is 0 Å². The van der Waals surface area contributed by atoms with Gasteiger partial charge in [0.15, 0.2) is 10.9 Å². The van der Waals surface area contributed by atoms with E-state index in [2.05, 4.69) is 18.7 Å². The predicted octanol–water partition coefficient (Wildman–Crippen LogP) is 4.12. The average molecular weight is 341 g/mol. The molecule has 0 N–H and O–H groups in total. The normalized spacial score (nSPS) is 22.6. The molecule has 1 aliphatic carbocycles. The molecular weight excluding hydrogens is 322 g/mol. The van der Waals surface area contributed by atoms with Crippen LogP contribution in [0.4, 0.5) is 0 Å². The molecule has 0 amide bonds. The van der Waals surface area contributed by atoms with Gasteiger partial charge in [-0.2, -0.15) is 5.26 Å². The van der Waals surface area contributed by atoms with Crippen LogP contribution in [0.15, 0.2) is 46.3 Å². The first-order chi connectivity index (χ1) is 11.4. The van der Waals surface area contributed by atoms with Crippen molar-refractivity contribution in [3.8, 4) is 11.8 Å². The predicted molar refractivity (Wildman–Crippen MR) is 93.5 cm³/mol. The van der Waals surface area contributed by atoms with Crippen molar-refractivity contribution in [2.45, 2.75) is 32.6 Å². The number of ketones is 1. The van der Waals surface area contributed by atoms with Crippen LogP contribution >= 0.6 is 12.6 Å². The first kappa shape index (κ1) is 16.7. The van der Waals surface area contributed by atoms with Gasteiger partial charge in [-0.15, -0.1) is 12.6 Å². The van der Waals surface area contributed by atoms with Gasteiger partial charge in [-0.05, 0) is 23.1 Å². The zero-order valence-electron chi connectivity index (χ0n) is 13.9. The van der Waals surface area contributed by atoms with Gasteiger partial charge in [0.25, 0.3) is 0 Å². The van der Waals surface area contributed by atoms with E-state index in [4.69, 9.17) is 9.47 Å². The highest BCUT2D eigenvalue weighted by Gasteiger charge is 2.42. The third-order valence-electron chi connectivity index (χ3n) is 4.48. The Balaban J connectivity index is 2.14. The molecular formula is C19H19NO3S. The summed E-state index contributed by atoms with van der Waals surface area (Å²) in [5, 5.41) is 9.86. The molecule has 5 heteroatoms. The summed E-state index contributed by atoms with van der Waals surface area (Å²) in [6.45, 7) is 4.09. The smallest absolute Gasteiger partial charge is 0.171 e. The van der Waals surface area contributed by atoms with Gasteiger partial charge in [0.2, 0.25) is 0 Å². The van der Waals surface area contributed by atoms with Crippen molar-refractivity contribution in [2.24, 2.45) is 5.41 Å². The van der Waals surface area contributed by atoms with E-state index < -0.39 is 5.92 Å². The minimum absolute atomic E-state index is 0.0376. The Kier molecular flexibility index (Phi) is 4.18. The molecule has 0 fully saturated rings. The number of allylic oxidation sites excluding steroid dienone is 3. The van der Waals surface area contributed by atoms with Crippen molar-refractivity contribution in [1.82, 2.24) is 0 Å². The molecule has 1 aromatic rings. The topological polar surface area (TPSA) is 59.3 Å². The fourth-order valence-electron chi connectivity index (χ4n) is 3.37. The number of carbonyl (C=O) groups excluding carboxylic acids is 1. The summed E-state index contributed by atoms with van der Waals surface area (Å²) < 4.78 is 10.9. The minimum Gasteiger partial charge on any atom is -0.497 e. The third-order valence-corrected chi connectivity index (χ3v) is 4.81. The van der Waals surface area contributed by atoms with Gasteiger partial charge in [0.1, 0.15) is 17.6 Å². The number of nitrogens with zero attached hydrogens (tertiary/aromatic N) is 1. The van der Waals surface area contributed by atoms with E-state index in [1.165, 1.54) is 0 Å². The number of thiol groups is 1. The first-order valence-corrected chi connectivity index (χ1v) is 8.22. The number of ether oxygens (including phenoxy) is 2. The summed E-state index contributed by atoms with van der Waals surface area (Å²) in [5.74, 6) is 0.974. The van der Waals surface area contributed by atoms with Crippen LogP contribution in [0.25, 0.3) is 0 Å². The lowest BCUT2D eigenvalue weighted by molar-refractivity contribution is -0.119. The molecule has 0 saturated heterocycles. The summed E-state index contributed by atoms with van der Waals surface area (Å²) in [7, 11) is 1.60. The Morgan fingerprint density at radius 2 is 1.96 bits per heavy atom. The minimum atomic E-state index is -0.430. The van der Waals surface area contributed by atoms with Crippen molar-refractivity contribution < 1.29 is 14.3 Å². The molecule has 124 valence electrons. The molecule has 1 aromatic carbocycles. The van der Waals surface area contributed by atoms with E-state index in [1.54, 1.807) is 7.11 Å². The van der Waals surface area contributed by atoms with Crippen LogP contribution in [0, 0.1) is 16.7 Å². The lowest BCUT2D eigenvalue weighted by Gasteiger charge is -2.37. The number of Topliss-reactive ketones (excluding diaryl/α,β-unsaturated/α-hetero) is 1. The van der Waals surface area contributed by atoms with Gasteiger partial charge in [-0.25, -0.2) is 0 Å². The van der Waals surface area contributed by atoms with Crippen LogP contribution in [-0.4, -0.2) is 12.9 Å². The molecule has 1 aliphatic heterocycles. The lowest BCUT2D eigenvalue weighted by Crippen LogP contribution is -2.31. The second-order valence-electron chi connectivity index (χ2n) is 6.92. The second-order valence-corrected chi connectivity index (χ2v) is 7.32. The molecule has 2 aliphatic rings. The summed E-state index contributed by atoms with van der Waals surface area (Å²) in [6.07, 6.45) is 1.10. The second kappa shape index (κ2) is 6.03. The van der Waals surface area contributed by atoms with E-state index in [9.17, 15) is 10.1 Å². The Hall–Kier alpha value is -2.19. The maximum atomic E-state index is 12.8. The van der Waals surface area contributed by atoms with Crippen LogP contribution in [0.2, 0.25) is 0 Å². The van der Waals surface area contributed by atoms with Gasteiger partial charge in [0.05, 0.1) is 18.6 Å². The van der Waals surface area contributed by atoms with Crippen LogP contribution < -0.4 is 4.74 Å². The van der Waals surface area contributed by atoms with Crippen molar-refractivity contribution in [2.75, 3.05) is 7.11 Å². The summed E-state index contributed by atoms with van der Waals surface area (Å²) in [4.78, 5) is 12.8. The number of hydrogen-bond acceptors (Lipinski definition) is 5. The van der Waals surface area contributed by atoms with Gasteiger partial charge < -0.3 is 9.47 Å². The van der Waals surface area contributed by atoms with Crippen molar-refractivity contribution in [3.63, 3.8) is 0 Å². The maximum absolute atomic E-state index is 12.8. The van der Waals surface area contributed by atoms with E-state index in [1.807, 2.05) is 38.1 Å². The number of nitriles is 1. The molecule has 4 nitrogen and oxygen atoms in total.